The van der Waals surface area contributed by atoms with E-state index in [0.29, 0.717) is 29.2 Å². The van der Waals surface area contributed by atoms with E-state index in [0.717, 1.165) is 19.3 Å². The highest BCUT2D eigenvalue weighted by Gasteiger charge is 2.10. The van der Waals surface area contributed by atoms with Crippen molar-refractivity contribution >= 4 is 17.6 Å². The van der Waals surface area contributed by atoms with Gasteiger partial charge in [0, 0.05) is 6.42 Å². The van der Waals surface area contributed by atoms with Crippen LogP contribution < -0.4 is 9.47 Å². The number of unbranched alkanes of at least 4 members (excludes halogenated alkanes) is 4. The Morgan fingerprint density at radius 1 is 0.852 bits per heavy atom. The lowest BCUT2D eigenvalue weighted by Crippen LogP contribution is -2.10. The molecule has 0 spiro atoms. The van der Waals surface area contributed by atoms with E-state index in [4.69, 9.17) is 16.0 Å². The molecule has 0 radical (unpaired) electrons. The molecule has 27 heavy (non-hydrogen) atoms. The van der Waals surface area contributed by atoms with Crippen molar-refractivity contribution < 1.29 is 19.1 Å². The van der Waals surface area contributed by atoms with Crippen LogP contribution in [0.4, 0.5) is 5.69 Å². The summed E-state index contributed by atoms with van der Waals surface area (Å²) in [4.78, 5) is 27.2. The zero-order chi connectivity index (χ0) is 19.5. The van der Waals surface area contributed by atoms with Crippen LogP contribution in [0, 0.1) is 6.57 Å². The molecule has 0 N–H and O–H groups in total. The van der Waals surface area contributed by atoms with Gasteiger partial charge in [0.2, 0.25) is 0 Å². The second kappa shape index (κ2) is 10.8. The summed E-state index contributed by atoms with van der Waals surface area (Å²) in [6.07, 6.45) is 5.76. The van der Waals surface area contributed by atoms with E-state index >= 15 is 0 Å². The van der Waals surface area contributed by atoms with Crippen LogP contribution in [0.25, 0.3) is 4.85 Å². The second-order valence-electron chi connectivity index (χ2n) is 6.16. The first-order valence-corrected chi connectivity index (χ1v) is 9.13. The minimum Gasteiger partial charge on any atom is -0.427 e. The first-order chi connectivity index (χ1) is 13.1. The number of hydrogen-bond acceptors (Lipinski definition) is 4. The van der Waals surface area contributed by atoms with E-state index in [1.807, 2.05) is 0 Å². The van der Waals surface area contributed by atoms with Crippen LogP contribution in [0.3, 0.4) is 0 Å². The minimum atomic E-state index is -0.514. The van der Waals surface area contributed by atoms with Gasteiger partial charge in [0.1, 0.15) is 11.5 Å². The second-order valence-corrected chi connectivity index (χ2v) is 6.16. The van der Waals surface area contributed by atoms with Gasteiger partial charge in [-0.15, -0.1) is 0 Å². The molecule has 0 aliphatic heterocycles. The molecule has 0 unspecified atom stereocenters. The number of carbonyl (C=O) groups is 2. The maximum atomic E-state index is 12.1. The molecule has 2 aromatic carbocycles. The quantitative estimate of drug-likeness (QED) is 0.247. The molecule has 0 fully saturated rings. The SMILES string of the molecule is [C-]#[N+]c1ccc(OC(=O)c2ccc(OC(=O)CCCCCCC)cc2)cc1. The van der Waals surface area contributed by atoms with E-state index in [9.17, 15) is 9.59 Å². The number of rotatable bonds is 9. The van der Waals surface area contributed by atoms with Crippen LogP contribution in [-0.2, 0) is 4.79 Å². The van der Waals surface area contributed by atoms with Crippen molar-refractivity contribution in [1.29, 1.82) is 0 Å². The highest BCUT2D eigenvalue weighted by atomic mass is 16.5. The van der Waals surface area contributed by atoms with Crippen molar-refractivity contribution in [2.45, 2.75) is 45.4 Å². The van der Waals surface area contributed by atoms with E-state index in [1.54, 1.807) is 48.5 Å². The average molecular weight is 365 g/mol. The molecule has 0 saturated heterocycles. The first-order valence-electron chi connectivity index (χ1n) is 9.13. The molecule has 0 aliphatic rings. The summed E-state index contributed by atoms with van der Waals surface area (Å²) >= 11 is 0. The Bertz CT molecular complexity index is 789. The molecule has 0 heterocycles. The number of ether oxygens (including phenoxy) is 2. The normalized spacial score (nSPS) is 10.1. The number of esters is 2. The lowest BCUT2D eigenvalue weighted by atomic mass is 10.1. The van der Waals surface area contributed by atoms with Crippen LogP contribution >= 0.6 is 0 Å². The van der Waals surface area contributed by atoms with Crippen LogP contribution in [0.5, 0.6) is 11.5 Å². The third-order valence-electron chi connectivity index (χ3n) is 3.98. The highest BCUT2D eigenvalue weighted by molar-refractivity contribution is 5.91. The number of hydrogen-bond donors (Lipinski definition) is 0. The Morgan fingerprint density at radius 3 is 2.07 bits per heavy atom. The summed E-state index contributed by atoms with van der Waals surface area (Å²) < 4.78 is 10.5. The van der Waals surface area contributed by atoms with Gasteiger partial charge in [-0.05, 0) is 42.8 Å². The Morgan fingerprint density at radius 2 is 1.44 bits per heavy atom. The van der Waals surface area contributed by atoms with Crippen molar-refractivity contribution in [3.63, 3.8) is 0 Å². The molecule has 0 aromatic heterocycles. The molecule has 0 saturated carbocycles. The molecule has 5 heteroatoms. The van der Waals surface area contributed by atoms with Gasteiger partial charge in [-0.25, -0.2) is 9.64 Å². The molecule has 0 aliphatic carbocycles. The van der Waals surface area contributed by atoms with Gasteiger partial charge >= 0.3 is 11.9 Å². The molecule has 0 bridgehead atoms. The van der Waals surface area contributed by atoms with Crippen LogP contribution in [0.1, 0.15) is 55.8 Å². The van der Waals surface area contributed by atoms with Crippen molar-refractivity contribution in [3.8, 4) is 11.5 Å². The number of nitrogens with zero attached hydrogens (tertiary/aromatic N) is 1. The van der Waals surface area contributed by atoms with Gasteiger partial charge < -0.3 is 9.47 Å². The molecule has 2 rings (SSSR count). The topological polar surface area (TPSA) is 57.0 Å². The van der Waals surface area contributed by atoms with Crippen LogP contribution in [0.2, 0.25) is 0 Å². The first kappa shape index (κ1) is 20.2. The molecule has 0 atom stereocenters. The van der Waals surface area contributed by atoms with E-state index in [-0.39, 0.29) is 5.97 Å². The Hall–Kier alpha value is -3.13. The third kappa shape index (κ3) is 6.95. The monoisotopic (exact) mass is 365 g/mol. The summed E-state index contributed by atoms with van der Waals surface area (Å²) in [5.74, 6) is -0.00131. The van der Waals surface area contributed by atoms with E-state index < -0.39 is 5.97 Å². The molecule has 5 nitrogen and oxygen atoms in total. The summed E-state index contributed by atoms with van der Waals surface area (Å²) in [6, 6.07) is 12.6. The summed E-state index contributed by atoms with van der Waals surface area (Å²) in [5, 5.41) is 0. The van der Waals surface area contributed by atoms with E-state index in [1.165, 1.54) is 12.8 Å². The lowest BCUT2D eigenvalue weighted by molar-refractivity contribution is -0.134. The summed E-state index contributed by atoms with van der Waals surface area (Å²) in [7, 11) is 0. The van der Waals surface area contributed by atoms with Crippen molar-refractivity contribution in [1.82, 2.24) is 0 Å². The van der Waals surface area contributed by atoms with Gasteiger partial charge in [-0.1, -0.05) is 44.7 Å². The van der Waals surface area contributed by atoms with Crippen molar-refractivity contribution in [2.75, 3.05) is 0 Å². The zero-order valence-corrected chi connectivity index (χ0v) is 15.4. The maximum absolute atomic E-state index is 12.1. The van der Waals surface area contributed by atoms with Crippen molar-refractivity contribution in [2.24, 2.45) is 0 Å². The van der Waals surface area contributed by atoms with Gasteiger partial charge in [0.15, 0.2) is 5.69 Å². The Kier molecular flexibility index (Phi) is 8.05. The highest BCUT2D eigenvalue weighted by Crippen LogP contribution is 2.20. The lowest BCUT2D eigenvalue weighted by Gasteiger charge is -2.07. The molecular weight excluding hydrogens is 342 g/mol. The van der Waals surface area contributed by atoms with Gasteiger partial charge in [-0.3, -0.25) is 4.79 Å². The van der Waals surface area contributed by atoms with Gasteiger partial charge in [0.25, 0.3) is 0 Å². The predicted molar refractivity (Wildman–Crippen MR) is 103 cm³/mol. The molecule has 140 valence electrons. The average Bonchev–Trinajstić information content (AvgIpc) is 2.69. The Balaban J connectivity index is 1.82. The fourth-order valence-electron chi connectivity index (χ4n) is 2.47. The van der Waals surface area contributed by atoms with Crippen LogP contribution in [-0.4, -0.2) is 11.9 Å². The Labute approximate surface area is 159 Å². The summed E-state index contributed by atoms with van der Waals surface area (Å²) in [6.45, 7) is 9.06. The minimum absolute atomic E-state index is 0.262. The standard InChI is InChI=1S/C22H23NO4/c1-3-4-5-6-7-8-21(24)26-19-13-9-17(10-14-19)22(25)27-20-15-11-18(23-2)12-16-20/h9-16H,3-8H2,1H3. The maximum Gasteiger partial charge on any atom is 0.343 e. The van der Waals surface area contributed by atoms with Crippen molar-refractivity contribution in [3.05, 3.63) is 65.5 Å². The fourth-order valence-corrected chi connectivity index (χ4v) is 2.47. The third-order valence-corrected chi connectivity index (χ3v) is 3.98. The largest absolute Gasteiger partial charge is 0.427 e. The van der Waals surface area contributed by atoms with Crippen LogP contribution in [0.15, 0.2) is 48.5 Å². The predicted octanol–water partition coefficient (Wildman–Crippen LogP) is 5.72. The fraction of sp³-hybridized carbons (Fsp3) is 0.318. The molecule has 0 amide bonds. The number of benzene rings is 2. The van der Waals surface area contributed by atoms with Gasteiger partial charge in [0.05, 0.1) is 12.1 Å². The van der Waals surface area contributed by atoms with E-state index in [2.05, 4.69) is 11.8 Å². The zero-order valence-electron chi connectivity index (χ0n) is 15.4. The van der Waals surface area contributed by atoms with Gasteiger partial charge in [-0.2, -0.15) is 0 Å². The molecular formula is C22H23NO4. The number of carbonyl (C=O) groups excluding carboxylic acids is 2. The molecule has 2 aromatic rings. The smallest absolute Gasteiger partial charge is 0.343 e. The summed E-state index contributed by atoms with van der Waals surface area (Å²) in [5.41, 5.74) is 0.829.